The van der Waals surface area contributed by atoms with Crippen molar-refractivity contribution in [3.63, 3.8) is 0 Å². The zero-order valence-electron chi connectivity index (χ0n) is 11.2. The van der Waals surface area contributed by atoms with Crippen molar-refractivity contribution < 1.29 is 5.11 Å². The molecule has 0 saturated carbocycles. The maximum atomic E-state index is 9.75. The van der Waals surface area contributed by atoms with E-state index in [1.807, 2.05) is 18.2 Å². The van der Waals surface area contributed by atoms with Crippen molar-refractivity contribution in [3.8, 4) is 0 Å². The summed E-state index contributed by atoms with van der Waals surface area (Å²) in [5.74, 6) is 0. The van der Waals surface area contributed by atoms with Gasteiger partial charge in [-0.25, -0.2) is 4.98 Å². The lowest BCUT2D eigenvalue weighted by Crippen LogP contribution is -2.36. The highest BCUT2D eigenvalue weighted by atomic mass is 35.5. The molecule has 0 fully saturated rings. The zero-order chi connectivity index (χ0) is 13.9. The van der Waals surface area contributed by atoms with Gasteiger partial charge < -0.3 is 5.11 Å². The first-order valence-corrected chi connectivity index (χ1v) is 7.19. The van der Waals surface area contributed by atoms with Crippen molar-refractivity contribution in [1.29, 1.82) is 0 Å². The molecule has 0 saturated heterocycles. The lowest BCUT2D eigenvalue weighted by molar-refractivity contribution is 0.108. The van der Waals surface area contributed by atoms with Crippen LogP contribution in [0.15, 0.2) is 42.6 Å². The average molecular weight is 289 g/mol. The molecule has 1 aliphatic heterocycles. The maximum absolute atomic E-state index is 9.75. The zero-order valence-corrected chi connectivity index (χ0v) is 11.9. The Balaban J connectivity index is 1.82. The van der Waals surface area contributed by atoms with E-state index in [1.54, 1.807) is 6.20 Å². The van der Waals surface area contributed by atoms with E-state index in [4.69, 9.17) is 11.6 Å². The number of aromatic nitrogens is 1. The Hall–Kier alpha value is -1.42. The summed E-state index contributed by atoms with van der Waals surface area (Å²) in [5.41, 5.74) is 3.70. The number of aliphatic hydroxyl groups is 1. The van der Waals surface area contributed by atoms with Gasteiger partial charge >= 0.3 is 0 Å². The smallest absolute Gasteiger partial charge is 0.129 e. The highest BCUT2D eigenvalue weighted by Crippen LogP contribution is 2.30. The highest BCUT2D eigenvalue weighted by Gasteiger charge is 2.26. The van der Waals surface area contributed by atoms with Gasteiger partial charge in [0.15, 0.2) is 0 Å². The van der Waals surface area contributed by atoms with Gasteiger partial charge in [-0.1, -0.05) is 41.9 Å². The average Bonchev–Trinajstić information content (AvgIpc) is 2.49. The van der Waals surface area contributed by atoms with Crippen LogP contribution in [0.25, 0.3) is 0 Å². The molecule has 3 nitrogen and oxygen atoms in total. The summed E-state index contributed by atoms with van der Waals surface area (Å²) >= 11 is 5.81. The monoisotopic (exact) mass is 288 g/mol. The molecule has 4 heteroatoms. The number of fused-ring (bicyclic) bond motifs is 1. The van der Waals surface area contributed by atoms with Crippen molar-refractivity contribution in [2.75, 3.05) is 13.2 Å². The summed E-state index contributed by atoms with van der Waals surface area (Å²) in [6.07, 6.45) is 2.82. The van der Waals surface area contributed by atoms with Crippen molar-refractivity contribution in [3.05, 3.63) is 64.4 Å². The normalized spacial score (nSPS) is 18.8. The molecule has 1 N–H and O–H groups in total. The first-order valence-electron chi connectivity index (χ1n) is 6.81. The summed E-state index contributed by atoms with van der Waals surface area (Å²) < 4.78 is 0. The molecular formula is C16H17ClN2O. The highest BCUT2D eigenvalue weighted by molar-refractivity contribution is 6.29. The third kappa shape index (κ3) is 2.70. The number of rotatable bonds is 3. The summed E-state index contributed by atoms with van der Waals surface area (Å²) in [6.45, 7) is 1.87. The molecule has 0 amide bonds. The Labute approximate surface area is 123 Å². The predicted molar refractivity (Wildman–Crippen MR) is 79.6 cm³/mol. The van der Waals surface area contributed by atoms with Gasteiger partial charge in [0.1, 0.15) is 5.15 Å². The Morgan fingerprint density at radius 3 is 2.85 bits per heavy atom. The van der Waals surface area contributed by atoms with Gasteiger partial charge in [0, 0.05) is 19.3 Å². The van der Waals surface area contributed by atoms with Gasteiger partial charge in [0.05, 0.1) is 12.6 Å². The van der Waals surface area contributed by atoms with Gasteiger partial charge in [-0.05, 0) is 29.2 Å². The van der Waals surface area contributed by atoms with Crippen LogP contribution < -0.4 is 0 Å². The number of nitrogens with zero attached hydrogens (tertiary/aromatic N) is 2. The first-order chi connectivity index (χ1) is 9.78. The standard InChI is InChI=1S/C16H17ClN2O/c17-16-6-5-12(9-18-16)10-19-8-7-13-3-1-2-4-14(13)15(19)11-20/h1-6,9,15,20H,7-8,10-11H2. The van der Waals surface area contributed by atoms with Crippen LogP contribution in [0.1, 0.15) is 22.7 Å². The van der Waals surface area contributed by atoms with Crippen LogP contribution in [-0.4, -0.2) is 28.1 Å². The molecule has 0 bridgehead atoms. The lowest BCUT2D eigenvalue weighted by Gasteiger charge is -2.36. The summed E-state index contributed by atoms with van der Waals surface area (Å²) in [7, 11) is 0. The van der Waals surface area contributed by atoms with Gasteiger partial charge in [0.25, 0.3) is 0 Å². The van der Waals surface area contributed by atoms with Crippen LogP contribution in [0.3, 0.4) is 0 Å². The summed E-state index contributed by atoms with van der Waals surface area (Å²) in [5, 5.41) is 10.3. The van der Waals surface area contributed by atoms with Crippen LogP contribution in [0.5, 0.6) is 0 Å². The SMILES string of the molecule is OCC1c2ccccc2CCN1Cc1ccc(Cl)nc1. The van der Waals surface area contributed by atoms with Gasteiger partial charge in [-0.15, -0.1) is 0 Å². The molecule has 0 aliphatic carbocycles. The van der Waals surface area contributed by atoms with E-state index in [1.165, 1.54) is 11.1 Å². The quantitative estimate of drug-likeness (QED) is 0.883. The Kier molecular flexibility index (Phi) is 4.01. The number of hydrogen-bond donors (Lipinski definition) is 1. The van der Waals surface area contributed by atoms with E-state index in [9.17, 15) is 5.11 Å². The molecule has 1 aliphatic rings. The maximum Gasteiger partial charge on any atom is 0.129 e. The Bertz CT molecular complexity index is 585. The van der Waals surface area contributed by atoms with Gasteiger partial charge in [0.2, 0.25) is 0 Å². The van der Waals surface area contributed by atoms with Crippen molar-refractivity contribution >= 4 is 11.6 Å². The third-order valence-corrected chi connectivity index (χ3v) is 4.09. The predicted octanol–water partition coefficient (Wildman–Crippen LogP) is 2.83. The minimum atomic E-state index is 0.0654. The van der Waals surface area contributed by atoms with Crippen LogP contribution >= 0.6 is 11.6 Å². The van der Waals surface area contributed by atoms with Crippen molar-refractivity contribution in [1.82, 2.24) is 9.88 Å². The molecule has 3 rings (SSSR count). The second-order valence-electron chi connectivity index (χ2n) is 5.11. The molecule has 104 valence electrons. The fourth-order valence-corrected chi connectivity index (χ4v) is 2.95. The lowest BCUT2D eigenvalue weighted by atomic mass is 9.92. The van der Waals surface area contributed by atoms with E-state index in [-0.39, 0.29) is 12.6 Å². The van der Waals surface area contributed by atoms with Crippen LogP contribution in [0.2, 0.25) is 5.15 Å². The molecule has 2 aromatic rings. The number of benzene rings is 1. The molecule has 1 atom stereocenters. The van der Waals surface area contributed by atoms with Crippen LogP contribution in [0, 0.1) is 0 Å². The minimum absolute atomic E-state index is 0.0654. The fraction of sp³-hybridized carbons (Fsp3) is 0.312. The second kappa shape index (κ2) is 5.92. The van der Waals surface area contributed by atoms with E-state index in [0.29, 0.717) is 5.15 Å². The number of pyridine rings is 1. The largest absolute Gasteiger partial charge is 0.394 e. The molecule has 0 radical (unpaired) electrons. The van der Waals surface area contributed by atoms with Crippen LogP contribution in [-0.2, 0) is 13.0 Å². The summed E-state index contributed by atoms with van der Waals surface area (Å²) in [6, 6.07) is 12.2. The van der Waals surface area contributed by atoms with Crippen molar-refractivity contribution in [2.24, 2.45) is 0 Å². The Morgan fingerprint density at radius 1 is 1.25 bits per heavy atom. The number of hydrogen-bond acceptors (Lipinski definition) is 3. The minimum Gasteiger partial charge on any atom is -0.394 e. The van der Waals surface area contributed by atoms with Gasteiger partial charge in [-0.2, -0.15) is 0 Å². The number of aliphatic hydroxyl groups excluding tert-OH is 1. The van der Waals surface area contributed by atoms with Crippen molar-refractivity contribution in [2.45, 2.75) is 19.0 Å². The fourth-order valence-electron chi connectivity index (χ4n) is 2.84. The van der Waals surface area contributed by atoms with Gasteiger partial charge in [-0.3, -0.25) is 4.90 Å². The van der Waals surface area contributed by atoms with Crippen LogP contribution in [0.4, 0.5) is 0 Å². The third-order valence-electron chi connectivity index (χ3n) is 3.87. The van der Waals surface area contributed by atoms with E-state index in [2.05, 4.69) is 28.1 Å². The van der Waals surface area contributed by atoms with E-state index in [0.717, 1.165) is 25.1 Å². The molecular weight excluding hydrogens is 272 g/mol. The first kappa shape index (κ1) is 13.6. The number of halogens is 1. The molecule has 1 aromatic heterocycles. The topological polar surface area (TPSA) is 36.4 Å². The molecule has 20 heavy (non-hydrogen) atoms. The summed E-state index contributed by atoms with van der Waals surface area (Å²) in [4.78, 5) is 6.41. The van der Waals surface area contributed by atoms with E-state index >= 15 is 0 Å². The molecule has 0 spiro atoms. The molecule has 1 aromatic carbocycles. The van der Waals surface area contributed by atoms with E-state index < -0.39 is 0 Å². The Morgan fingerprint density at radius 2 is 2.10 bits per heavy atom. The molecule has 2 heterocycles. The second-order valence-corrected chi connectivity index (χ2v) is 5.49. The molecule has 1 unspecified atom stereocenters.